The van der Waals surface area contributed by atoms with Crippen LogP contribution < -0.4 is 0 Å². The number of hydrogen-bond acceptors (Lipinski definition) is 0. The second kappa shape index (κ2) is 36.8. The van der Waals surface area contributed by atoms with Crippen molar-refractivity contribution < 1.29 is 0 Å². The van der Waals surface area contributed by atoms with Crippen LogP contribution in [0.2, 0.25) is 0 Å². The van der Waals surface area contributed by atoms with Crippen molar-refractivity contribution in [3.63, 3.8) is 0 Å². The molecule has 0 radical (unpaired) electrons. The zero-order chi connectivity index (χ0) is 2.00. The summed E-state index contributed by atoms with van der Waals surface area (Å²) in [5.41, 5.74) is 0. The summed E-state index contributed by atoms with van der Waals surface area (Å²) in [5, 5.41) is 0. The molecule has 0 aliphatic rings. The summed E-state index contributed by atoms with van der Waals surface area (Å²) < 4.78 is 0. The molecule has 0 saturated heterocycles. The van der Waals surface area contributed by atoms with Crippen LogP contribution in [0.15, 0.2) is 0 Å². The van der Waals surface area contributed by atoms with Crippen molar-refractivity contribution in [2.75, 3.05) is 0 Å². The van der Waals surface area contributed by atoms with Crippen molar-refractivity contribution in [3.05, 3.63) is 0 Å². The molecule has 0 N–H and O–H groups in total. The van der Waals surface area contributed by atoms with E-state index in [4.69, 9.17) is 0 Å². The molecule has 0 saturated carbocycles. The van der Waals surface area contributed by atoms with Gasteiger partial charge in [0.05, 0.1) is 7.44 Å². The minimum absolute atomic E-state index is 0. The molecule has 0 fully saturated rings. The molecule has 0 heterocycles. The predicted octanol–water partition coefficient (Wildman–Crippen LogP) is -5.76. The first-order chi connectivity index (χ1) is 1.00. The summed E-state index contributed by atoms with van der Waals surface area (Å²) in [6, 6.07) is 0. The van der Waals surface area contributed by atoms with Crippen LogP contribution >= 0.6 is 0 Å². The van der Waals surface area contributed by atoms with E-state index in [9.17, 15) is 0 Å². The van der Waals surface area contributed by atoms with Gasteiger partial charge in [0.1, 0.15) is 0 Å². The summed E-state index contributed by atoms with van der Waals surface area (Å²) in [6.07, 6.45) is 0. The van der Waals surface area contributed by atoms with Gasteiger partial charge in [-0.1, -0.05) is 0 Å². The van der Waals surface area contributed by atoms with Crippen molar-refractivity contribution in [2.45, 2.75) is 0 Å². The van der Waals surface area contributed by atoms with Gasteiger partial charge in [0.25, 0.3) is 0 Å². The molecule has 0 atom stereocenters. The molecule has 0 amide bonds. The molecule has 0 aromatic carbocycles. The van der Waals surface area contributed by atoms with Gasteiger partial charge in [-0.25, -0.2) is 0 Å². The third kappa shape index (κ3) is 24.9. The van der Waals surface area contributed by atoms with Crippen LogP contribution in [0.5, 0.6) is 0 Å². The van der Waals surface area contributed by atoms with Crippen LogP contribution in [-0.4, -0.2) is 125 Å². The van der Waals surface area contributed by atoms with Crippen LogP contribution in [-0.2, 0) is 0 Å². The Morgan fingerprint density at radius 3 is 1.17 bits per heavy atom. The van der Waals surface area contributed by atoms with Gasteiger partial charge in [0.2, 0.25) is 0 Å². The van der Waals surface area contributed by atoms with E-state index in [2.05, 4.69) is 7.44 Å². The summed E-state index contributed by atoms with van der Waals surface area (Å²) in [5.74, 6) is 0. The van der Waals surface area contributed by atoms with Gasteiger partial charge in [-0.3, -0.25) is 0 Å². The Morgan fingerprint density at radius 2 is 1.17 bits per heavy atom. The van der Waals surface area contributed by atoms with Gasteiger partial charge in [0.15, 0.2) is 17.4 Å². The zero-order valence-corrected chi connectivity index (χ0v) is 4.00. The average molecular weight is 166 g/mol. The summed E-state index contributed by atoms with van der Waals surface area (Å²) in [4.78, 5) is 0. The quantitative estimate of drug-likeness (QED) is 0.315. The van der Waals surface area contributed by atoms with Crippen LogP contribution in [0.3, 0.4) is 0 Å². The first kappa shape index (κ1) is 32.8. The molecule has 0 nitrogen and oxygen atoms in total. The summed E-state index contributed by atoms with van der Waals surface area (Å²) >= 11 is 0. The van der Waals surface area contributed by atoms with Crippen LogP contribution in [0, 0.1) is 0 Å². The second-order valence-corrected chi connectivity index (χ2v) is 0. The van der Waals surface area contributed by atoms with E-state index in [0.29, 0.717) is 0 Å². The van der Waals surface area contributed by atoms with E-state index in [0.717, 1.165) is 0 Å². The molecule has 0 bridgehead atoms. The van der Waals surface area contributed by atoms with Gasteiger partial charge in [-0.05, 0) is 10.1 Å². The van der Waals surface area contributed by atoms with E-state index in [-0.39, 0.29) is 108 Å². The van der Waals surface area contributed by atoms with Crippen molar-refractivity contribution in [1.82, 2.24) is 0 Å². The fraction of sp³-hybridized carbons (Fsp3) is 0. The van der Waals surface area contributed by atoms with E-state index in [1.165, 1.54) is 10.1 Å². The Bertz CT molecular complexity index is 15.5. The van der Waals surface area contributed by atoms with Crippen LogP contribution in [0.25, 0.3) is 0 Å². The minimum atomic E-state index is 0. The fourth-order valence-electron chi connectivity index (χ4n) is 0. The molecule has 6 heteroatoms. The fourth-order valence-corrected chi connectivity index (χ4v) is 0. The zero-order valence-electron chi connectivity index (χ0n) is 2.00. The molecule has 0 aromatic heterocycles. The van der Waals surface area contributed by atoms with E-state index in [1.807, 2.05) is 0 Å². The molecule has 0 aliphatic heterocycles. The van der Waals surface area contributed by atoms with Crippen LogP contribution in [0.1, 0.15) is 0 Å². The van der Waals surface area contributed by atoms with Crippen molar-refractivity contribution in [3.8, 4) is 0 Å². The summed E-state index contributed by atoms with van der Waals surface area (Å²) in [7, 11) is 3.44. The molecule has 0 aromatic rings. The van der Waals surface area contributed by atoms with Crippen molar-refractivity contribution >= 4 is 125 Å². The Kier molecular flexibility index (Phi) is 202. The third-order valence-corrected chi connectivity index (χ3v) is 0. The monoisotopic (exact) mass is 166 g/mol. The average Bonchev–Trinajstić information content (AvgIpc) is 1.00. The standard InChI is InChI=1S/Al.BH5Si.Ca.Mg.Na.8H/c;1-2;;;;;;;;;;;/h;1H2,2H3;;;;;;;;;;;. The Balaban J connectivity index is -0.000000000833. The van der Waals surface area contributed by atoms with Gasteiger partial charge in [-0.15, -0.1) is 0 Å². The molecule has 0 rings (SSSR count). The molecular weight excluding hydrogens is 153 g/mol. The van der Waals surface area contributed by atoms with Gasteiger partial charge in [-0.2, -0.15) is 0 Å². The van der Waals surface area contributed by atoms with Gasteiger partial charge >= 0.3 is 90.3 Å². The Morgan fingerprint density at radius 1 is 1.17 bits per heavy atom. The van der Waals surface area contributed by atoms with Gasteiger partial charge in [0, 0.05) is 0 Å². The molecule has 6 heavy (non-hydrogen) atoms. The normalized spacial score (nSPS) is 1.33. The topological polar surface area (TPSA) is 0 Å². The van der Waals surface area contributed by atoms with E-state index in [1.54, 1.807) is 0 Å². The third-order valence-electron chi connectivity index (χ3n) is 0. The second-order valence-electron chi connectivity index (χ2n) is 0. The maximum atomic E-state index is 2.14. The molecular formula is H13AlBCaMgNaSi. The summed E-state index contributed by atoms with van der Waals surface area (Å²) in [6.45, 7) is 0. The predicted molar refractivity (Wildman–Crippen MR) is 52.7 cm³/mol. The van der Waals surface area contributed by atoms with Crippen molar-refractivity contribution in [2.24, 2.45) is 0 Å². The maximum absolute atomic E-state index is 2.14. The number of hydrogen-bond donors (Lipinski definition) is 0. The van der Waals surface area contributed by atoms with Gasteiger partial charge < -0.3 is 0 Å². The number of rotatable bonds is 0. The molecule has 28 valence electrons. The Labute approximate surface area is 122 Å². The SMILES string of the molecule is B[SiH3].[AlH3].[CaH2].[MgH2].[NaH]. The van der Waals surface area contributed by atoms with E-state index < -0.39 is 0 Å². The van der Waals surface area contributed by atoms with E-state index >= 15 is 0 Å². The van der Waals surface area contributed by atoms with Crippen molar-refractivity contribution in [1.29, 1.82) is 0 Å². The molecule has 0 spiro atoms. The van der Waals surface area contributed by atoms with Crippen LogP contribution in [0.4, 0.5) is 0 Å². The molecule has 0 unspecified atom stereocenters. The molecule has 0 aliphatic carbocycles. The first-order valence-electron chi connectivity index (χ1n) is 1.00. The Hall–Kier alpha value is 3.84. The first-order valence-corrected chi connectivity index (χ1v) is 3.00.